The lowest BCUT2D eigenvalue weighted by atomic mass is 10.0. The lowest BCUT2D eigenvalue weighted by molar-refractivity contribution is -0.112. The zero-order chi connectivity index (χ0) is 10.8. The Hall–Kier alpha value is -1.62. The van der Waals surface area contributed by atoms with E-state index in [0.717, 1.165) is 24.2 Å². The molecule has 5 nitrogen and oxygen atoms in total. The molecule has 3 N–H and O–H groups in total. The van der Waals surface area contributed by atoms with Gasteiger partial charge in [-0.3, -0.25) is 9.89 Å². The minimum absolute atomic E-state index is 0.0566. The van der Waals surface area contributed by atoms with E-state index in [2.05, 4.69) is 20.8 Å². The Bertz CT molecular complexity index is 413. The van der Waals surface area contributed by atoms with Gasteiger partial charge < -0.3 is 10.6 Å². The minimum Gasteiger partial charge on any atom is -0.309 e. The van der Waals surface area contributed by atoms with Gasteiger partial charge in [0.25, 0.3) is 5.91 Å². The Balaban J connectivity index is 2.07. The van der Waals surface area contributed by atoms with Crippen LogP contribution in [-0.2, 0) is 4.79 Å². The van der Waals surface area contributed by atoms with Gasteiger partial charge in [-0.05, 0) is 19.4 Å². The van der Waals surface area contributed by atoms with Crippen molar-refractivity contribution in [2.45, 2.75) is 13.8 Å². The molecule has 2 heterocycles. The van der Waals surface area contributed by atoms with Crippen LogP contribution in [0.15, 0.2) is 17.3 Å². The smallest absolute Gasteiger partial charge is 0.252 e. The monoisotopic (exact) mass is 206 g/mol. The van der Waals surface area contributed by atoms with Crippen LogP contribution in [0, 0.1) is 6.92 Å². The molecule has 5 heteroatoms. The number of amides is 1. The first kappa shape index (κ1) is 9.92. The van der Waals surface area contributed by atoms with Crippen molar-refractivity contribution in [3.8, 4) is 0 Å². The van der Waals surface area contributed by atoms with Crippen LogP contribution in [0.1, 0.15) is 12.5 Å². The highest BCUT2D eigenvalue weighted by Gasteiger charge is 2.16. The predicted molar refractivity (Wildman–Crippen MR) is 57.5 cm³/mol. The van der Waals surface area contributed by atoms with Crippen molar-refractivity contribution in [2.24, 2.45) is 0 Å². The number of aryl methyl sites for hydroxylation is 1. The molecule has 0 aromatic carbocycles. The van der Waals surface area contributed by atoms with Crippen molar-refractivity contribution >= 4 is 11.7 Å². The molecule has 0 atom stereocenters. The summed E-state index contributed by atoms with van der Waals surface area (Å²) in [6.07, 6.45) is 1.68. The molecule has 0 radical (unpaired) electrons. The van der Waals surface area contributed by atoms with Crippen LogP contribution in [0.3, 0.4) is 0 Å². The lowest BCUT2D eigenvalue weighted by Crippen LogP contribution is -2.36. The van der Waals surface area contributed by atoms with E-state index >= 15 is 0 Å². The number of aromatic nitrogens is 2. The number of hydrogen-bond acceptors (Lipinski definition) is 3. The quantitative estimate of drug-likeness (QED) is 0.620. The first-order valence-corrected chi connectivity index (χ1v) is 4.89. The van der Waals surface area contributed by atoms with Gasteiger partial charge in [0, 0.05) is 24.2 Å². The summed E-state index contributed by atoms with van der Waals surface area (Å²) in [6.45, 7) is 5.38. The molecule has 1 saturated heterocycles. The van der Waals surface area contributed by atoms with E-state index in [4.69, 9.17) is 0 Å². The molecular formula is C10H14N4O. The van der Waals surface area contributed by atoms with Crippen molar-refractivity contribution in [1.29, 1.82) is 0 Å². The van der Waals surface area contributed by atoms with E-state index in [1.807, 2.05) is 13.8 Å². The summed E-state index contributed by atoms with van der Waals surface area (Å²) in [5, 5.41) is 12.5. The van der Waals surface area contributed by atoms with Gasteiger partial charge in [-0.1, -0.05) is 0 Å². The molecule has 1 aliphatic heterocycles. The van der Waals surface area contributed by atoms with Crippen molar-refractivity contribution in [3.05, 3.63) is 22.9 Å². The molecule has 1 amide bonds. The number of aromatic amines is 1. The highest BCUT2D eigenvalue weighted by molar-refractivity contribution is 6.03. The number of anilines is 1. The summed E-state index contributed by atoms with van der Waals surface area (Å²) in [6, 6.07) is 0. The maximum Gasteiger partial charge on any atom is 0.252 e. The van der Waals surface area contributed by atoms with Crippen LogP contribution in [0.5, 0.6) is 0 Å². The van der Waals surface area contributed by atoms with Crippen LogP contribution in [0.25, 0.3) is 0 Å². The molecule has 0 spiro atoms. The number of H-pyrrole nitrogens is 1. The van der Waals surface area contributed by atoms with Gasteiger partial charge in [-0.2, -0.15) is 5.10 Å². The summed E-state index contributed by atoms with van der Waals surface area (Å²) in [4.78, 5) is 11.8. The average Bonchev–Trinajstić information content (AvgIpc) is 2.49. The van der Waals surface area contributed by atoms with E-state index in [-0.39, 0.29) is 5.91 Å². The number of rotatable bonds is 2. The molecule has 0 aliphatic carbocycles. The van der Waals surface area contributed by atoms with Crippen molar-refractivity contribution in [3.63, 3.8) is 0 Å². The third kappa shape index (κ3) is 1.92. The van der Waals surface area contributed by atoms with Crippen LogP contribution < -0.4 is 10.6 Å². The van der Waals surface area contributed by atoms with Gasteiger partial charge in [0.15, 0.2) is 0 Å². The van der Waals surface area contributed by atoms with Gasteiger partial charge >= 0.3 is 0 Å². The standard InChI is InChI=1S/C10H14N4O/c1-6-3-12-14-9(6)13-10(15)7(2)8-4-11-5-8/h3,11H,4-5H2,1-2H3,(H2,12,13,14,15). The van der Waals surface area contributed by atoms with Crippen molar-refractivity contribution < 1.29 is 4.79 Å². The Morgan fingerprint density at radius 2 is 2.27 bits per heavy atom. The predicted octanol–water partition coefficient (Wildman–Crippen LogP) is 0.576. The number of carbonyl (C=O) groups is 1. The maximum absolute atomic E-state index is 11.8. The van der Waals surface area contributed by atoms with Gasteiger partial charge in [0.2, 0.25) is 0 Å². The fourth-order valence-corrected chi connectivity index (χ4v) is 1.36. The van der Waals surface area contributed by atoms with E-state index < -0.39 is 0 Å². The molecule has 80 valence electrons. The normalized spacial score (nSPS) is 14.7. The number of hydrogen-bond donors (Lipinski definition) is 3. The fraction of sp³-hybridized carbons (Fsp3) is 0.400. The Kier molecular flexibility index (Phi) is 2.55. The highest BCUT2D eigenvalue weighted by Crippen LogP contribution is 2.13. The number of nitrogens with one attached hydrogen (secondary N) is 3. The molecule has 1 aromatic rings. The largest absolute Gasteiger partial charge is 0.309 e. The summed E-state index contributed by atoms with van der Waals surface area (Å²) in [5.74, 6) is 0.617. The summed E-state index contributed by atoms with van der Waals surface area (Å²) >= 11 is 0. The van der Waals surface area contributed by atoms with Crippen LogP contribution in [0.2, 0.25) is 0 Å². The molecular weight excluding hydrogens is 192 g/mol. The first-order chi connectivity index (χ1) is 7.18. The first-order valence-electron chi connectivity index (χ1n) is 4.89. The molecule has 0 bridgehead atoms. The lowest BCUT2D eigenvalue weighted by Gasteiger charge is -2.21. The zero-order valence-corrected chi connectivity index (χ0v) is 8.85. The third-order valence-corrected chi connectivity index (χ3v) is 2.62. The van der Waals surface area contributed by atoms with Crippen LogP contribution >= 0.6 is 0 Å². The molecule has 1 aliphatic rings. The highest BCUT2D eigenvalue weighted by atomic mass is 16.1. The summed E-state index contributed by atoms with van der Waals surface area (Å²) in [7, 11) is 0. The second-order valence-electron chi connectivity index (χ2n) is 3.71. The van der Waals surface area contributed by atoms with Crippen molar-refractivity contribution in [2.75, 3.05) is 18.4 Å². The second-order valence-corrected chi connectivity index (χ2v) is 3.71. The Morgan fingerprint density at radius 3 is 2.73 bits per heavy atom. The van der Waals surface area contributed by atoms with Crippen molar-refractivity contribution in [1.82, 2.24) is 15.5 Å². The van der Waals surface area contributed by atoms with Crippen LogP contribution in [-0.4, -0.2) is 29.2 Å². The van der Waals surface area contributed by atoms with Gasteiger partial charge in [-0.25, -0.2) is 0 Å². The Morgan fingerprint density at radius 1 is 1.53 bits per heavy atom. The zero-order valence-electron chi connectivity index (χ0n) is 8.85. The van der Waals surface area contributed by atoms with E-state index in [0.29, 0.717) is 5.82 Å². The van der Waals surface area contributed by atoms with E-state index in [9.17, 15) is 4.79 Å². The molecule has 1 aromatic heterocycles. The van der Waals surface area contributed by atoms with Gasteiger partial charge in [-0.15, -0.1) is 0 Å². The summed E-state index contributed by atoms with van der Waals surface area (Å²) in [5.41, 5.74) is 2.90. The summed E-state index contributed by atoms with van der Waals surface area (Å²) < 4.78 is 0. The number of carbonyl (C=O) groups excluding carboxylic acids is 1. The van der Waals surface area contributed by atoms with E-state index in [1.165, 1.54) is 5.57 Å². The Labute approximate surface area is 87.9 Å². The van der Waals surface area contributed by atoms with E-state index in [1.54, 1.807) is 6.20 Å². The molecule has 0 unspecified atom stereocenters. The number of nitrogens with zero attached hydrogens (tertiary/aromatic N) is 1. The molecule has 0 saturated carbocycles. The minimum atomic E-state index is -0.0566. The molecule has 1 fully saturated rings. The SMILES string of the molecule is CC(C(=O)Nc1[nH]ncc1C)=C1CNC1. The molecule has 2 rings (SSSR count). The fourth-order valence-electron chi connectivity index (χ4n) is 1.36. The topological polar surface area (TPSA) is 69.8 Å². The second kappa shape index (κ2) is 3.86. The third-order valence-electron chi connectivity index (χ3n) is 2.62. The van der Waals surface area contributed by atoms with Gasteiger partial charge in [0.1, 0.15) is 5.82 Å². The van der Waals surface area contributed by atoms with Gasteiger partial charge in [0.05, 0.1) is 6.20 Å². The average molecular weight is 206 g/mol. The maximum atomic E-state index is 11.8. The molecule has 15 heavy (non-hydrogen) atoms. The van der Waals surface area contributed by atoms with Crippen LogP contribution in [0.4, 0.5) is 5.82 Å².